The summed E-state index contributed by atoms with van der Waals surface area (Å²) in [5.41, 5.74) is 0.908. The number of rotatable bonds is 7. The molecule has 2 rings (SSSR count). The molecule has 138 valence electrons. The maximum atomic E-state index is 12.3. The average Bonchev–Trinajstić information content (AvgIpc) is 2.61. The van der Waals surface area contributed by atoms with E-state index in [1.807, 2.05) is 24.3 Å². The first-order chi connectivity index (χ1) is 12.0. The van der Waals surface area contributed by atoms with E-state index in [0.29, 0.717) is 19.6 Å². The van der Waals surface area contributed by atoms with Gasteiger partial charge in [0.2, 0.25) is 11.8 Å². The van der Waals surface area contributed by atoms with Crippen molar-refractivity contribution in [3.05, 3.63) is 29.8 Å². The van der Waals surface area contributed by atoms with Crippen LogP contribution in [-0.2, 0) is 25.5 Å². The summed E-state index contributed by atoms with van der Waals surface area (Å²) in [5.74, 6) is 0.561. The van der Waals surface area contributed by atoms with E-state index in [-0.39, 0.29) is 37.0 Å². The quantitative estimate of drug-likeness (QED) is 0.780. The zero-order chi connectivity index (χ0) is 18.2. The molecule has 2 amide bonds. The number of carbonyl (C=O) groups excluding carboxylic acids is 2. The first-order valence-electron chi connectivity index (χ1n) is 8.31. The Balaban J connectivity index is 1.86. The Morgan fingerprint density at radius 1 is 1.28 bits per heavy atom. The summed E-state index contributed by atoms with van der Waals surface area (Å²) < 4.78 is 16.2. The molecule has 1 saturated heterocycles. The zero-order valence-corrected chi connectivity index (χ0v) is 15.0. The molecular formula is C18H26N2O5. The van der Waals surface area contributed by atoms with Crippen LogP contribution in [-0.4, -0.2) is 69.9 Å². The Hall–Kier alpha value is -2.12. The molecule has 0 spiro atoms. The van der Waals surface area contributed by atoms with Gasteiger partial charge in [-0.3, -0.25) is 9.59 Å². The second kappa shape index (κ2) is 9.39. The molecule has 2 atom stereocenters. The highest BCUT2D eigenvalue weighted by Gasteiger charge is 2.28. The highest BCUT2D eigenvalue weighted by atomic mass is 16.5. The van der Waals surface area contributed by atoms with E-state index < -0.39 is 0 Å². The SMILES string of the molecule is COc1ccc(CC(=O)NC2CCOCC2OCC(=O)N(C)C)cc1. The Morgan fingerprint density at radius 3 is 2.64 bits per heavy atom. The van der Waals surface area contributed by atoms with Crippen LogP contribution in [0.25, 0.3) is 0 Å². The highest BCUT2D eigenvalue weighted by molar-refractivity contribution is 5.79. The zero-order valence-electron chi connectivity index (χ0n) is 15.0. The Bertz CT molecular complexity index is 573. The molecule has 2 unspecified atom stereocenters. The first kappa shape index (κ1) is 19.2. The smallest absolute Gasteiger partial charge is 0.248 e. The standard InChI is InChI=1S/C18H26N2O5/c1-20(2)18(22)12-25-16-11-24-9-8-15(16)19-17(21)10-13-4-6-14(23-3)7-5-13/h4-7,15-16H,8-12H2,1-3H3,(H,19,21). The fourth-order valence-corrected chi connectivity index (χ4v) is 2.54. The van der Waals surface area contributed by atoms with Crippen LogP contribution in [0.2, 0.25) is 0 Å². The molecule has 1 aromatic carbocycles. The van der Waals surface area contributed by atoms with E-state index >= 15 is 0 Å². The summed E-state index contributed by atoms with van der Waals surface area (Å²) in [7, 11) is 4.96. The second-order valence-electron chi connectivity index (χ2n) is 6.20. The minimum atomic E-state index is -0.322. The third kappa shape index (κ3) is 6.03. The van der Waals surface area contributed by atoms with Crippen LogP contribution in [0.3, 0.4) is 0 Å². The van der Waals surface area contributed by atoms with Crippen molar-refractivity contribution in [3.63, 3.8) is 0 Å². The number of nitrogens with one attached hydrogen (secondary N) is 1. The molecule has 0 aromatic heterocycles. The highest BCUT2D eigenvalue weighted by Crippen LogP contribution is 2.14. The van der Waals surface area contributed by atoms with E-state index in [1.165, 1.54) is 4.90 Å². The maximum absolute atomic E-state index is 12.3. The number of hydrogen-bond donors (Lipinski definition) is 1. The lowest BCUT2D eigenvalue weighted by Crippen LogP contribution is -2.51. The van der Waals surface area contributed by atoms with Gasteiger partial charge in [-0.25, -0.2) is 0 Å². The normalized spacial score (nSPS) is 20.0. The van der Waals surface area contributed by atoms with E-state index in [9.17, 15) is 9.59 Å². The van der Waals surface area contributed by atoms with Gasteiger partial charge in [0.15, 0.2) is 0 Å². The van der Waals surface area contributed by atoms with Crippen molar-refractivity contribution in [2.24, 2.45) is 0 Å². The molecule has 7 heteroatoms. The van der Waals surface area contributed by atoms with Crippen LogP contribution >= 0.6 is 0 Å². The lowest BCUT2D eigenvalue weighted by molar-refractivity contribution is -0.141. The summed E-state index contributed by atoms with van der Waals surface area (Å²) in [6, 6.07) is 7.23. The predicted octanol–water partition coefficient (Wildman–Crippen LogP) is 0.616. The Morgan fingerprint density at radius 2 is 2.00 bits per heavy atom. The fraction of sp³-hybridized carbons (Fsp3) is 0.556. The molecule has 1 aliphatic heterocycles. The number of hydrogen-bond acceptors (Lipinski definition) is 5. The van der Waals surface area contributed by atoms with Gasteiger partial charge in [-0.1, -0.05) is 12.1 Å². The van der Waals surface area contributed by atoms with E-state index in [4.69, 9.17) is 14.2 Å². The Labute approximate surface area is 148 Å². The van der Waals surface area contributed by atoms with Crippen LogP contribution in [0.1, 0.15) is 12.0 Å². The topological polar surface area (TPSA) is 77.1 Å². The van der Waals surface area contributed by atoms with Crippen LogP contribution in [0, 0.1) is 0 Å². The molecule has 0 aliphatic carbocycles. The van der Waals surface area contributed by atoms with Gasteiger partial charge >= 0.3 is 0 Å². The maximum Gasteiger partial charge on any atom is 0.248 e. The van der Waals surface area contributed by atoms with E-state index in [1.54, 1.807) is 21.2 Å². The molecule has 1 N–H and O–H groups in total. The molecule has 1 fully saturated rings. The van der Waals surface area contributed by atoms with Crippen LogP contribution in [0.4, 0.5) is 0 Å². The third-order valence-electron chi connectivity index (χ3n) is 4.09. The number of methoxy groups -OCH3 is 1. The summed E-state index contributed by atoms with van der Waals surface area (Å²) in [6.07, 6.45) is 0.623. The third-order valence-corrected chi connectivity index (χ3v) is 4.09. The van der Waals surface area contributed by atoms with Crippen molar-refractivity contribution >= 4 is 11.8 Å². The van der Waals surface area contributed by atoms with Crippen molar-refractivity contribution in [1.29, 1.82) is 0 Å². The molecule has 0 radical (unpaired) electrons. The number of carbonyl (C=O) groups is 2. The molecule has 1 aromatic rings. The Kier molecular flexibility index (Phi) is 7.21. The second-order valence-corrected chi connectivity index (χ2v) is 6.20. The number of benzene rings is 1. The fourth-order valence-electron chi connectivity index (χ4n) is 2.54. The van der Waals surface area contributed by atoms with Gasteiger partial charge in [0.05, 0.1) is 26.2 Å². The lowest BCUT2D eigenvalue weighted by Gasteiger charge is -2.32. The van der Waals surface area contributed by atoms with Gasteiger partial charge in [0, 0.05) is 20.7 Å². The van der Waals surface area contributed by atoms with Gasteiger partial charge < -0.3 is 24.4 Å². The summed E-state index contributed by atoms with van der Waals surface area (Å²) in [4.78, 5) is 25.5. The number of ether oxygens (including phenoxy) is 3. The molecular weight excluding hydrogens is 324 g/mol. The van der Waals surface area contributed by atoms with Crippen LogP contribution in [0.5, 0.6) is 5.75 Å². The monoisotopic (exact) mass is 350 g/mol. The summed E-state index contributed by atoms with van der Waals surface area (Å²) in [6.45, 7) is 0.912. The van der Waals surface area contributed by atoms with Crippen molar-refractivity contribution in [1.82, 2.24) is 10.2 Å². The van der Waals surface area contributed by atoms with Gasteiger partial charge in [-0.2, -0.15) is 0 Å². The molecule has 0 saturated carbocycles. The van der Waals surface area contributed by atoms with Crippen molar-refractivity contribution in [2.45, 2.75) is 25.0 Å². The van der Waals surface area contributed by atoms with Crippen molar-refractivity contribution in [2.75, 3.05) is 41.0 Å². The molecule has 1 aliphatic rings. The molecule has 1 heterocycles. The van der Waals surface area contributed by atoms with Gasteiger partial charge in [0.25, 0.3) is 0 Å². The molecule has 0 bridgehead atoms. The van der Waals surface area contributed by atoms with E-state index in [0.717, 1.165) is 11.3 Å². The number of nitrogens with zero attached hydrogens (tertiary/aromatic N) is 1. The minimum Gasteiger partial charge on any atom is -0.497 e. The van der Waals surface area contributed by atoms with E-state index in [2.05, 4.69) is 5.32 Å². The number of amides is 2. The van der Waals surface area contributed by atoms with Crippen LogP contribution < -0.4 is 10.1 Å². The minimum absolute atomic E-state index is 0.0219. The van der Waals surface area contributed by atoms with Gasteiger partial charge in [0.1, 0.15) is 18.5 Å². The first-order valence-corrected chi connectivity index (χ1v) is 8.31. The summed E-state index contributed by atoms with van der Waals surface area (Å²) in [5, 5.41) is 3.00. The van der Waals surface area contributed by atoms with Crippen LogP contribution in [0.15, 0.2) is 24.3 Å². The summed E-state index contributed by atoms with van der Waals surface area (Å²) >= 11 is 0. The number of likely N-dealkylation sites (N-methyl/N-ethyl adjacent to an activating group) is 1. The van der Waals surface area contributed by atoms with Crippen molar-refractivity contribution in [3.8, 4) is 5.75 Å². The van der Waals surface area contributed by atoms with Gasteiger partial charge in [-0.05, 0) is 24.1 Å². The van der Waals surface area contributed by atoms with Crippen molar-refractivity contribution < 1.29 is 23.8 Å². The molecule has 25 heavy (non-hydrogen) atoms. The van der Waals surface area contributed by atoms with Gasteiger partial charge in [-0.15, -0.1) is 0 Å². The largest absolute Gasteiger partial charge is 0.497 e. The molecule has 7 nitrogen and oxygen atoms in total. The predicted molar refractivity (Wildman–Crippen MR) is 92.5 cm³/mol. The average molecular weight is 350 g/mol. The lowest BCUT2D eigenvalue weighted by atomic mass is 10.0.